The molecule has 0 atom stereocenters. The summed E-state index contributed by atoms with van der Waals surface area (Å²) in [6, 6.07) is 2.00. The molecule has 78 valence electrons. The van der Waals surface area contributed by atoms with Crippen molar-refractivity contribution in [2.45, 2.75) is 27.2 Å². The molecule has 0 unspecified atom stereocenters. The number of thiophene rings is 1. The maximum absolute atomic E-state index is 11.6. The molecule has 2 heterocycles. The van der Waals surface area contributed by atoms with Crippen molar-refractivity contribution >= 4 is 17.2 Å². The number of rotatable bonds is 0. The molecular weight excluding hydrogens is 194 g/mol. The van der Waals surface area contributed by atoms with Crippen molar-refractivity contribution in [1.82, 2.24) is 4.90 Å². The average Bonchev–Trinajstić information content (AvgIpc) is 2.57. The van der Waals surface area contributed by atoms with Crippen LogP contribution in [0, 0.1) is 6.92 Å². The fourth-order valence-electron chi connectivity index (χ4n) is 1.51. The van der Waals surface area contributed by atoms with Gasteiger partial charge in [-0.1, -0.05) is 13.8 Å². The number of fused-ring (bicyclic) bond motifs is 1. The molecule has 14 heavy (non-hydrogen) atoms. The van der Waals surface area contributed by atoms with Crippen LogP contribution in [0.2, 0.25) is 0 Å². The van der Waals surface area contributed by atoms with Crippen LogP contribution in [0.15, 0.2) is 6.07 Å². The van der Waals surface area contributed by atoms with Crippen molar-refractivity contribution in [2.24, 2.45) is 0 Å². The second kappa shape index (κ2) is 4.60. The molecule has 0 saturated carbocycles. The molecule has 0 spiro atoms. The van der Waals surface area contributed by atoms with Gasteiger partial charge in [-0.05, 0) is 13.0 Å². The lowest BCUT2D eigenvalue weighted by Crippen LogP contribution is -2.32. The average molecular weight is 211 g/mol. The Kier molecular flexibility index (Phi) is 3.69. The highest BCUT2D eigenvalue weighted by Gasteiger charge is 2.22. The lowest BCUT2D eigenvalue weighted by Gasteiger charge is -2.21. The van der Waals surface area contributed by atoms with E-state index in [0.717, 1.165) is 18.5 Å². The van der Waals surface area contributed by atoms with E-state index in [1.54, 1.807) is 16.2 Å². The minimum Gasteiger partial charge on any atom is -0.341 e. The van der Waals surface area contributed by atoms with Gasteiger partial charge in [-0.3, -0.25) is 4.79 Å². The van der Waals surface area contributed by atoms with Gasteiger partial charge < -0.3 is 4.90 Å². The Morgan fingerprint density at radius 2 is 2.07 bits per heavy atom. The molecule has 0 aromatic carbocycles. The van der Waals surface area contributed by atoms with E-state index >= 15 is 0 Å². The van der Waals surface area contributed by atoms with Gasteiger partial charge in [-0.15, -0.1) is 11.3 Å². The molecular formula is C11H17NOS. The van der Waals surface area contributed by atoms with Crippen LogP contribution in [0.4, 0.5) is 0 Å². The van der Waals surface area contributed by atoms with Crippen molar-refractivity contribution in [3.8, 4) is 0 Å². The number of hydrogen-bond donors (Lipinski definition) is 0. The summed E-state index contributed by atoms with van der Waals surface area (Å²) in [6.07, 6.45) is 1.02. The zero-order chi connectivity index (χ0) is 10.7. The quantitative estimate of drug-likeness (QED) is 0.646. The Morgan fingerprint density at radius 3 is 2.71 bits per heavy atom. The topological polar surface area (TPSA) is 20.3 Å². The highest BCUT2D eigenvalue weighted by atomic mass is 32.1. The number of carbonyl (C=O) groups is 1. The summed E-state index contributed by atoms with van der Waals surface area (Å²) in [5, 5.41) is 0. The first-order valence-corrected chi connectivity index (χ1v) is 5.85. The standard InChI is InChI=1S/C9H11NOS.C2H6/c1-6-5-7-8(12-6)3-4-10(2)9(7)11;1-2/h5H,3-4H2,1-2H3;1-2H3. The Balaban J connectivity index is 0.000000461. The van der Waals surface area contributed by atoms with Crippen LogP contribution in [0.1, 0.15) is 34.0 Å². The molecule has 1 amide bonds. The molecule has 0 radical (unpaired) electrons. The minimum atomic E-state index is 0.181. The maximum Gasteiger partial charge on any atom is 0.254 e. The van der Waals surface area contributed by atoms with Crippen LogP contribution in [0.5, 0.6) is 0 Å². The molecule has 1 aromatic heterocycles. The lowest BCUT2D eigenvalue weighted by atomic mass is 10.1. The summed E-state index contributed by atoms with van der Waals surface area (Å²) in [5.41, 5.74) is 0.922. The Labute approximate surface area is 89.5 Å². The molecule has 1 aliphatic heterocycles. The SMILES string of the molecule is CC.Cc1cc2c(s1)CCN(C)C2=O. The van der Waals surface area contributed by atoms with Crippen LogP contribution >= 0.6 is 11.3 Å². The van der Waals surface area contributed by atoms with Crippen molar-refractivity contribution < 1.29 is 4.79 Å². The van der Waals surface area contributed by atoms with Crippen LogP contribution in [-0.2, 0) is 6.42 Å². The normalized spacial score (nSPS) is 14.6. The lowest BCUT2D eigenvalue weighted by molar-refractivity contribution is 0.0782. The van der Waals surface area contributed by atoms with Crippen LogP contribution in [0.3, 0.4) is 0 Å². The smallest absolute Gasteiger partial charge is 0.254 e. The molecule has 0 aliphatic carbocycles. The van der Waals surface area contributed by atoms with E-state index in [0.29, 0.717) is 0 Å². The third kappa shape index (κ3) is 1.98. The minimum absolute atomic E-state index is 0.181. The summed E-state index contributed by atoms with van der Waals surface area (Å²) >= 11 is 1.75. The zero-order valence-corrected chi connectivity index (χ0v) is 10.1. The number of aryl methyl sites for hydroxylation is 1. The third-order valence-corrected chi connectivity index (χ3v) is 3.29. The van der Waals surface area contributed by atoms with Crippen molar-refractivity contribution in [2.75, 3.05) is 13.6 Å². The summed E-state index contributed by atoms with van der Waals surface area (Å²) in [5.74, 6) is 0.181. The van der Waals surface area contributed by atoms with Gasteiger partial charge >= 0.3 is 0 Å². The monoisotopic (exact) mass is 211 g/mol. The molecule has 2 rings (SSSR count). The zero-order valence-electron chi connectivity index (χ0n) is 9.26. The second-order valence-corrected chi connectivity index (χ2v) is 4.51. The fourth-order valence-corrected chi connectivity index (χ4v) is 2.52. The Morgan fingerprint density at radius 1 is 1.43 bits per heavy atom. The number of nitrogens with zero attached hydrogens (tertiary/aromatic N) is 1. The van der Waals surface area contributed by atoms with E-state index in [9.17, 15) is 4.79 Å². The van der Waals surface area contributed by atoms with E-state index in [4.69, 9.17) is 0 Å². The first-order valence-electron chi connectivity index (χ1n) is 5.03. The number of likely N-dealkylation sites (N-methyl/N-ethyl adjacent to an activating group) is 1. The van der Waals surface area contributed by atoms with Crippen LogP contribution < -0.4 is 0 Å². The molecule has 1 aliphatic rings. The van der Waals surface area contributed by atoms with Gasteiger partial charge in [0.25, 0.3) is 5.91 Å². The predicted octanol–water partition coefficient (Wildman–Crippen LogP) is 2.71. The molecule has 3 heteroatoms. The van der Waals surface area contributed by atoms with Crippen LogP contribution in [0.25, 0.3) is 0 Å². The molecule has 0 fully saturated rings. The number of hydrogen-bond acceptors (Lipinski definition) is 2. The third-order valence-electron chi connectivity index (χ3n) is 2.18. The Bertz CT molecular complexity index is 330. The van der Waals surface area contributed by atoms with Crippen molar-refractivity contribution in [3.63, 3.8) is 0 Å². The molecule has 0 N–H and O–H groups in total. The van der Waals surface area contributed by atoms with E-state index < -0.39 is 0 Å². The van der Waals surface area contributed by atoms with Gasteiger partial charge in [0.1, 0.15) is 0 Å². The van der Waals surface area contributed by atoms with Crippen LogP contribution in [-0.4, -0.2) is 24.4 Å². The second-order valence-electron chi connectivity index (χ2n) is 3.17. The van der Waals surface area contributed by atoms with E-state index in [-0.39, 0.29) is 5.91 Å². The van der Waals surface area contributed by atoms with Gasteiger partial charge in [0, 0.05) is 29.8 Å². The summed E-state index contributed by atoms with van der Waals surface area (Å²) in [6.45, 7) is 6.92. The predicted molar refractivity (Wildman–Crippen MR) is 61.1 cm³/mol. The maximum atomic E-state index is 11.6. The summed E-state index contributed by atoms with van der Waals surface area (Å²) in [7, 11) is 1.86. The van der Waals surface area contributed by atoms with Gasteiger partial charge in [0.05, 0.1) is 5.56 Å². The first-order chi connectivity index (χ1) is 6.68. The number of carbonyl (C=O) groups excluding carboxylic acids is 1. The van der Waals surface area contributed by atoms with Gasteiger partial charge in [0.15, 0.2) is 0 Å². The highest BCUT2D eigenvalue weighted by molar-refractivity contribution is 7.12. The van der Waals surface area contributed by atoms with Crippen molar-refractivity contribution in [1.29, 1.82) is 0 Å². The molecule has 1 aromatic rings. The fraction of sp³-hybridized carbons (Fsp3) is 0.545. The molecule has 0 saturated heterocycles. The Hall–Kier alpha value is -0.830. The summed E-state index contributed by atoms with van der Waals surface area (Å²) in [4.78, 5) is 15.8. The first kappa shape index (κ1) is 11.2. The van der Waals surface area contributed by atoms with E-state index in [1.165, 1.54) is 9.75 Å². The van der Waals surface area contributed by atoms with Gasteiger partial charge in [0.2, 0.25) is 0 Å². The molecule has 2 nitrogen and oxygen atoms in total. The van der Waals surface area contributed by atoms with E-state index in [2.05, 4.69) is 6.92 Å². The van der Waals surface area contributed by atoms with Gasteiger partial charge in [-0.25, -0.2) is 0 Å². The number of amides is 1. The highest BCUT2D eigenvalue weighted by Crippen LogP contribution is 2.26. The summed E-state index contributed by atoms with van der Waals surface area (Å²) < 4.78 is 0. The molecule has 0 bridgehead atoms. The van der Waals surface area contributed by atoms with Gasteiger partial charge in [-0.2, -0.15) is 0 Å². The largest absolute Gasteiger partial charge is 0.341 e. The van der Waals surface area contributed by atoms with Crippen molar-refractivity contribution in [3.05, 3.63) is 21.4 Å². The van der Waals surface area contributed by atoms with E-state index in [1.807, 2.05) is 27.0 Å².